The molecular formula is C67H81N3O15. The highest BCUT2D eigenvalue weighted by Gasteiger charge is 2.35. The van der Waals surface area contributed by atoms with Crippen LogP contribution in [0.3, 0.4) is 0 Å². The zero-order valence-corrected chi connectivity index (χ0v) is 49.4. The Morgan fingerprint density at radius 3 is 1.47 bits per heavy atom. The van der Waals surface area contributed by atoms with Gasteiger partial charge < -0.3 is 44.4 Å². The van der Waals surface area contributed by atoms with Crippen molar-refractivity contribution in [2.45, 2.75) is 142 Å². The summed E-state index contributed by atoms with van der Waals surface area (Å²) in [7, 11) is 1.54. The first-order valence-corrected chi connectivity index (χ1v) is 28.8. The maximum Gasteiger partial charge on any atom is 0.308 e. The fraction of sp³-hybridized carbons (Fsp3) is 0.418. The molecule has 0 spiro atoms. The largest absolute Gasteiger partial charge is 0.489 e. The highest BCUT2D eigenvalue weighted by Crippen LogP contribution is 2.23. The molecule has 3 amide bonds. The first kappa shape index (κ1) is 67.4. The lowest BCUT2D eigenvalue weighted by molar-refractivity contribution is -0.156. The molecule has 0 aliphatic rings. The number of Topliss-reactive ketones (excluding diaryl/α,β-unsaturated/α-hetero) is 3. The second-order valence-corrected chi connectivity index (χ2v) is 21.8. The zero-order chi connectivity index (χ0) is 61.4. The van der Waals surface area contributed by atoms with E-state index in [1.165, 1.54) is 14.0 Å². The van der Waals surface area contributed by atoms with E-state index in [0.29, 0.717) is 43.1 Å². The summed E-state index contributed by atoms with van der Waals surface area (Å²) < 4.78 is 33.2. The number of amides is 3. The van der Waals surface area contributed by atoms with Gasteiger partial charge in [0, 0.05) is 64.6 Å². The van der Waals surface area contributed by atoms with E-state index >= 15 is 4.79 Å². The van der Waals surface area contributed by atoms with E-state index in [0.717, 1.165) is 16.7 Å². The van der Waals surface area contributed by atoms with E-state index in [4.69, 9.17) is 28.4 Å². The topological polar surface area (TPSA) is 245 Å². The molecule has 0 unspecified atom stereocenters. The molecule has 0 radical (unpaired) electrons. The maximum absolute atomic E-state index is 15.1. The first-order chi connectivity index (χ1) is 40.8. The molecule has 0 fully saturated rings. The SMILES string of the molecule is COCCOCCCC(=O)[C@@H](CCC(=O)OCc1ccccc1)NC(=O)[C@H](CCC(=O)OCc1ccccc1)CC(=O)[C@@H](Cc1ccccc1)NC(=O)[C@@H](CC(=O)[C@H](CC(=O)OC(C)(C)C)NC(C)=O)Cc1ccc(OCc2ccccc2)cc1. The highest BCUT2D eigenvalue weighted by molar-refractivity contribution is 5.97. The third-order valence-corrected chi connectivity index (χ3v) is 13.5. The summed E-state index contributed by atoms with van der Waals surface area (Å²) in [5.74, 6) is -7.62. The molecule has 0 bridgehead atoms. The van der Waals surface area contributed by atoms with E-state index in [1.807, 2.05) is 54.6 Å². The lowest BCUT2D eigenvalue weighted by Gasteiger charge is -2.26. The number of rotatable bonds is 38. The third kappa shape index (κ3) is 26.8. The molecule has 0 saturated heterocycles. The van der Waals surface area contributed by atoms with Crippen molar-refractivity contribution in [3.05, 3.63) is 173 Å². The summed E-state index contributed by atoms with van der Waals surface area (Å²) in [6.07, 6.45) is -2.25. The van der Waals surface area contributed by atoms with Crippen LogP contribution >= 0.6 is 0 Å². The van der Waals surface area contributed by atoms with Gasteiger partial charge in [0.1, 0.15) is 31.2 Å². The van der Waals surface area contributed by atoms with Crippen LogP contribution in [0.1, 0.15) is 113 Å². The van der Waals surface area contributed by atoms with Crippen molar-refractivity contribution in [1.82, 2.24) is 16.0 Å². The van der Waals surface area contributed by atoms with Crippen molar-refractivity contribution in [3.63, 3.8) is 0 Å². The van der Waals surface area contributed by atoms with Gasteiger partial charge in [-0.3, -0.25) is 43.2 Å². The summed E-state index contributed by atoms with van der Waals surface area (Å²) in [6.45, 7) is 7.33. The molecule has 0 aliphatic carbocycles. The van der Waals surface area contributed by atoms with E-state index in [9.17, 15) is 38.4 Å². The number of methoxy groups -OCH3 is 1. The molecule has 5 aromatic rings. The summed E-state index contributed by atoms with van der Waals surface area (Å²) in [4.78, 5) is 125. The molecule has 85 heavy (non-hydrogen) atoms. The van der Waals surface area contributed by atoms with E-state index in [2.05, 4.69) is 16.0 Å². The zero-order valence-electron chi connectivity index (χ0n) is 49.4. The van der Waals surface area contributed by atoms with Crippen molar-refractivity contribution in [2.75, 3.05) is 26.9 Å². The minimum atomic E-state index is -1.36. The molecule has 0 saturated carbocycles. The molecule has 18 nitrogen and oxygen atoms in total. The Bertz CT molecular complexity index is 2900. The van der Waals surface area contributed by atoms with Gasteiger partial charge in [-0.1, -0.05) is 133 Å². The Balaban J connectivity index is 1.44. The molecule has 5 rings (SSSR count). The standard InChI is InChI=1S/C67H81N3O15/c1-47(71)68-58(43-64(77)85-67(2,3)4)61(74)42-54(39-49-28-31-55(32-29-49)82-44-50-21-12-7-13-22-50)66(79)70-57(40-48-19-10-6-11-20-48)60(73)41-53(30-34-62(75)83-45-51-23-14-8-15-24-51)65(78)69-56(59(72)27-18-36-81-38-37-80-5)33-35-63(76)84-46-52-25-16-9-17-26-52/h6-17,19-26,28-29,31-32,53-54,56-58H,18,27,30,33-46H2,1-5H3,(H,68,71)(H,69,78)(H,70,79)/t53-,54-,56-,57-,58+/m1/s1. The number of nitrogens with one attached hydrogen (secondary N) is 3. The number of carbonyl (C=O) groups excluding carboxylic acids is 9. The lowest BCUT2D eigenvalue weighted by Crippen LogP contribution is -2.49. The van der Waals surface area contributed by atoms with Gasteiger partial charge in [-0.25, -0.2) is 0 Å². The number of esters is 3. The Morgan fingerprint density at radius 2 is 0.929 bits per heavy atom. The van der Waals surface area contributed by atoms with Gasteiger partial charge in [-0.05, 0) is 92.8 Å². The van der Waals surface area contributed by atoms with E-state index < -0.39 is 108 Å². The second kappa shape index (κ2) is 36.4. The number of carbonyl (C=O) groups is 9. The molecule has 18 heteroatoms. The molecule has 0 aliphatic heterocycles. The van der Waals surface area contributed by atoms with Gasteiger partial charge in [-0.2, -0.15) is 0 Å². The van der Waals surface area contributed by atoms with Gasteiger partial charge in [0.25, 0.3) is 0 Å². The Kier molecular flexibility index (Phi) is 28.9. The van der Waals surface area contributed by atoms with Crippen LogP contribution in [0.4, 0.5) is 0 Å². The van der Waals surface area contributed by atoms with E-state index in [-0.39, 0.29) is 64.8 Å². The average Bonchev–Trinajstić information content (AvgIpc) is 3.70. The first-order valence-electron chi connectivity index (χ1n) is 28.8. The Labute approximate surface area is 498 Å². The Hall–Kier alpha value is -8.35. The van der Waals surface area contributed by atoms with Crippen LogP contribution in [0.25, 0.3) is 0 Å². The van der Waals surface area contributed by atoms with Crippen molar-refractivity contribution >= 4 is 53.0 Å². The summed E-state index contributed by atoms with van der Waals surface area (Å²) in [6, 6.07) is 39.5. The van der Waals surface area contributed by atoms with E-state index in [1.54, 1.807) is 112 Å². The van der Waals surface area contributed by atoms with Gasteiger partial charge >= 0.3 is 17.9 Å². The van der Waals surface area contributed by atoms with Crippen molar-refractivity contribution in [3.8, 4) is 5.75 Å². The molecule has 5 aromatic carbocycles. The van der Waals surface area contributed by atoms with Gasteiger partial charge in [0.15, 0.2) is 17.3 Å². The predicted octanol–water partition coefficient (Wildman–Crippen LogP) is 8.47. The van der Waals surface area contributed by atoms with Crippen LogP contribution in [-0.4, -0.2) is 104 Å². The highest BCUT2D eigenvalue weighted by atomic mass is 16.6. The smallest absolute Gasteiger partial charge is 0.308 e. The minimum Gasteiger partial charge on any atom is -0.489 e. The number of ether oxygens (including phenoxy) is 6. The predicted molar refractivity (Wildman–Crippen MR) is 317 cm³/mol. The average molecular weight is 1170 g/mol. The maximum atomic E-state index is 15.1. The van der Waals surface area contributed by atoms with Gasteiger partial charge in [-0.15, -0.1) is 0 Å². The van der Waals surface area contributed by atoms with Crippen LogP contribution in [0.2, 0.25) is 0 Å². The molecule has 454 valence electrons. The lowest BCUT2D eigenvalue weighted by atomic mass is 9.88. The van der Waals surface area contributed by atoms with Crippen LogP contribution in [0, 0.1) is 11.8 Å². The van der Waals surface area contributed by atoms with Crippen LogP contribution in [-0.2, 0) is 99.5 Å². The normalized spacial score (nSPS) is 12.9. The van der Waals surface area contributed by atoms with Crippen LogP contribution in [0.15, 0.2) is 146 Å². The van der Waals surface area contributed by atoms with Gasteiger partial charge in [0.05, 0.1) is 37.8 Å². The monoisotopic (exact) mass is 1170 g/mol. The fourth-order valence-electron chi connectivity index (χ4n) is 9.07. The second-order valence-electron chi connectivity index (χ2n) is 21.8. The molecule has 0 heterocycles. The molecule has 3 N–H and O–H groups in total. The van der Waals surface area contributed by atoms with Crippen molar-refractivity contribution in [1.29, 1.82) is 0 Å². The quantitative estimate of drug-likeness (QED) is 0.0191. The minimum absolute atomic E-state index is 0.00442. The summed E-state index contributed by atoms with van der Waals surface area (Å²) >= 11 is 0. The summed E-state index contributed by atoms with van der Waals surface area (Å²) in [5.41, 5.74) is 2.80. The van der Waals surface area contributed by atoms with Crippen molar-refractivity contribution in [2.24, 2.45) is 11.8 Å². The van der Waals surface area contributed by atoms with Crippen LogP contribution < -0.4 is 20.7 Å². The number of benzene rings is 5. The third-order valence-electron chi connectivity index (χ3n) is 13.5. The summed E-state index contributed by atoms with van der Waals surface area (Å²) in [5, 5.41) is 8.25. The molecule has 0 aromatic heterocycles. The number of hydrogen-bond donors (Lipinski definition) is 3. The fourth-order valence-corrected chi connectivity index (χ4v) is 9.07. The molecule has 5 atom stereocenters. The molecular weight excluding hydrogens is 1090 g/mol. The number of hydrogen-bond acceptors (Lipinski definition) is 15. The van der Waals surface area contributed by atoms with Gasteiger partial charge in [0.2, 0.25) is 17.7 Å². The Morgan fingerprint density at radius 1 is 0.447 bits per heavy atom. The number of ketones is 3. The van der Waals surface area contributed by atoms with Crippen molar-refractivity contribution < 1.29 is 71.6 Å². The van der Waals surface area contributed by atoms with Crippen LogP contribution in [0.5, 0.6) is 5.75 Å².